The van der Waals surface area contributed by atoms with Gasteiger partial charge in [-0.1, -0.05) is 48.5 Å². The number of aromatic nitrogens is 2. The van der Waals surface area contributed by atoms with Crippen LogP contribution in [0.3, 0.4) is 0 Å². The van der Waals surface area contributed by atoms with E-state index < -0.39 is 0 Å². The Labute approximate surface area is 200 Å². The molecule has 176 valence electrons. The van der Waals surface area contributed by atoms with Crippen LogP contribution in [0.2, 0.25) is 0 Å². The van der Waals surface area contributed by atoms with Crippen LogP contribution < -0.4 is 5.32 Å². The third-order valence-corrected chi connectivity index (χ3v) is 5.86. The Bertz CT molecular complexity index is 1120. The minimum Gasteiger partial charge on any atom is -0.355 e. The Morgan fingerprint density at radius 3 is 2.44 bits per heavy atom. The molecule has 4 rings (SSSR count). The average Bonchev–Trinajstić information content (AvgIpc) is 3.16. The van der Waals surface area contributed by atoms with Gasteiger partial charge in [-0.15, -0.1) is 0 Å². The van der Waals surface area contributed by atoms with Crippen LogP contribution in [0, 0.1) is 0 Å². The Hall–Kier alpha value is -3.71. The van der Waals surface area contributed by atoms with Crippen LogP contribution >= 0.6 is 0 Å². The van der Waals surface area contributed by atoms with Crippen molar-refractivity contribution in [3.63, 3.8) is 0 Å². The summed E-state index contributed by atoms with van der Waals surface area (Å²) in [6.07, 6.45) is 6.30. The number of rotatable bonds is 7. The summed E-state index contributed by atoms with van der Waals surface area (Å²) < 4.78 is 1.84. The van der Waals surface area contributed by atoms with Gasteiger partial charge in [0, 0.05) is 56.1 Å². The normalized spacial score (nSPS) is 14.8. The van der Waals surface area contributed by atoms with Gasteiger partial charge in [-0.25, -0.2) is 4.68 Å². The molecule has 7 heteroatoms. The molecular formula is C27H31N5O2. The average molecular weight is 458 g/mol. The Morgan fingerprint density at radius 1 is 0.971 bits per heavy atom. The zero-order valence-corrected chi connectivity index (χ0v) is 19.6. The highest BCUT2D eigenvalue weighted by molar-refractivity contribution is 5.93. The lowest BCUT2D eigenvalue weighted by atomic mass is 10.1. The molecule has 0 spiro atoms. The lowest BCUT2D eigenvalue weighted by Gasteiger charge is -2.20. The lowest BCUT2D eigenvalue weighted by Crippen LogP contribution is -2.39. The van der Waals surface area contributed by atoms with Crippen LogP contribution in [0.25, 0.3) is 23.0 Å². The van der Waals surface area contributed by atoms with E-state index in [1.54, 1.807) is 6.08 Å². The summed E-state index contributed by atoms with van der Waals surface area (Å²) in [4.78, 5) is 28.9. The van der Waals surface area contributed by atoms with Gasteiger partial charge in [0.15, 0.2) is 0 Å². The molecule has 0 saturated carbocycles. The third-order valence-electron chi connectivity index (χ3n) is 5.86. The van der Waals surface area contributed by atoms with Gasteiger partial charge < -0.3 is 10.2 Å². The van der Waals surface area contributed by atoms with E-state index in [1.165, 1.54) is 0 Å². The van der Waals surface area contributed by atoms with Crippen molar-refractivity contribution < 1.29 is 9.59 Å². The SMILES string of the molecule is CCNC(=O)CN1CCCN(C(=O)/C=C/c2cn(-c3ccccc3)nc2-c2ccccc2)CC1. The molecule has 1 aromatic heterocycles. The smallest absolute Gasteiger partial charge is 0.246 e. The summed E-state index contributed by atoms with van der Waals surface area (Å²) >= 11 is 0. The van der Waals surface area contributed by atoms with E-state index in [-0.39, 0.29) is 11.8 Å². The number of likely N-dealkylation sites (N-methyl/N-ethyl adjacent to an activating group) is 1. The van der Waals surface area contributed by atoms with Crippen molar-refractivity contribution >= 4 is 17.9 Å². The maximum Gasteiger partial charge on any atom is 0.246 e. The maximum absolute atomic E-state index is 13.0. The van der Waals surface area contributed by atoms with Crippen LogP contribution in [0.4, 0.5) is 0 Å². The fourth-order valence-corrected chi connectivity index (χ4v) is 4.11. The summed E-state index contributed by atoms with van der Waals surface area (Å²) in [5.41, 5.74) is 3.68. The molecule has 0 bridgehead atoms. The maximum atomic E-state index is 13.0. The van der Waals surface area contributed by atoms with E-state index in [9.17, 15) is 9.59 Å². The monoisotopic (exact) mass is 457 g/mol. The van der Waals surface area contributed by atoms with Crippen molar-refractivity contribution in [2.45, 2.75) is 13.3 Å². The number of benzene rings is 2. The summed E-state index contributed by atoms with van der Waals surface area (Å²) in [5.74, 6) is 0.0115. The van der Waals surface area contributed by atoms with Crippen molar-refractivity contribution in [1.29, 1.82) is 0 Å². The van der Waals surface area contributed by atoms with Gasteiger partial charge in [-0.3, -0.25) is 14.5 Å². The van der Waals surface area contributed by atoms with Crippen LogP contribution in [-0.4, -0.2) is 70.7 Å². The minimum atomic E-state index is -0.0219. The molecule has 0 radical (unpaired) electrons. The van der Waals surface area contributed by atoms with E-state index in [0.717, 1.165) is 35.5 Å². The van der Waals surface area contributed by atoms with E-state index in [2.05, 4.69) is 10.2 Å². The van der Waals surface area contributed by atoms with E-state index in [1.807, 2.05) is 89.4 Å². The lowest BCUT2D eigenvalue weighted by molar-refractivity contribution is -0.125. The molecule has 2 aromatic carbocycles. The van der Waals surface area contributed by atoms with Crippen LogP contribution in [0.5, 0.6) is 0 Å². The first-order valence-electron chi connectivity index (χ1n) is 11.8. The molecule has 3 aromatic rings. The highest BCUT2D eigenvalue weighted by atomic mass is 16.2. The van der Waals surface area contributed by atoms with E-state index in [4.69, 9.17) is 5.10 Å². The van der Waals surface area contributed by atoms with Crippen LogP contribution in [-0.2, 0) is 9.59 Å². The Kier molecular flexibility index (Phi) is 7.88. The molecule has 34 heavy (non-hydrogen) atoms. The summed E-state index contributed by atoms with van der Waals surface area (Å²) in [6.45, 7) is 5.73. The first kappa shape index (κ1) is 23.4. The van der Waals surface area contributed by atoms with Crippen LogP contribution in [0.15, 0.2) is 72.9 Å². The zero-order valence-electron chi connectivity index (χ0n) is 19.6. The topological polar surface area (TPSA) is 70.5 Å². The van der Waals surface area contributed by atoms with Crippen molar-refractivity contribution in [2.75, 3.05) is 39.3 Å². The van der Waals surface area contributed by atoms with E-state index >= 15 is 0 Å². The second kappa shape index (κ2) is 11.4. The number of carbonyl (C=O) groups is 2. The molecule has 1 aliphatic heterocycles. The number of nitrogens with one attached hydrogen (secondary N) is 1. The molecule has 1 aliphatic rings. The fraction of sp³-hybridized carbons (Fsp3) is 0.296. The number of nitrogens with zero attached hydrogens (tertiary/aromatic N) is 4. The number of carbonyl (C=O) groups excluding carboxylic acids is 2. The second-order valence-corrected chi connectivity index (χ2v) is 8.32. The summed E-state index contributed by atoms with van der Waals surface area (Å²) in [5, 5.41) is 7.64. The third kappa shape index (κ3) is 5.99. The van der Waals surface area contributed by atoms with Gasteiger partial charge in [0.25, 0.3) is 0 Å². The predicted octanol–water partition coefficient (Wildman–Crippen LogP) is 3.22. The van der Waals surface area contributed by atoms with Gasteiger partial charge in [0.1, 0.15) is 0 Å². The first-order valence-corrected chi connectivity index (χ1v) is 11.8. The van der Waals surface area contributed by atoms with Gasteiger partial charge in [-0.05, 0) is 31.6 Å². The molecule has 0 unspecified atom stereocenters. The van der Waals surface area contributed by atoms with Gasteiger partial charge in [-0.2, -0.15) is 5.10 Å². The fourth-order valence-electron chi connectivity index (χ4n) is 4.11. The molecule has 2 heterocycles. The largest absolute Gasteiger partial charge is 0.355 e. The van der Waals surface area contributed by atoms with Crippen molar-refractivity contribution in [2.24, 2.45) is 0 Å². The van der Waals surface area contributed by atoms with Gasteiger partial charge >= 0.3 is 0 Å². The zero-order chi connectivity index (χ0) is 23.8. The first-order chi connectivity index (χ1) is 16.6. The highest BCUT2D eigenvalue weighted by Crippen LogP contribution is 2.24. The van der Waals surface area contributed by atoms with Gasteiger partial charge in [0.05, 0.1) is 17.9 Å². The number of hydrogen-bond acceptors (Lipinski definition) is 4. The number of para-hydroxylation sites is 1. The molecular weight excluding hydrogens is 426 g/mol. The second-order valence-electron chi connectivity index (χ2n) is 8.32. The van der Waals surface area contributed by atoms with E-state index in [0.29, 0.717) is 32.7 Å². The minimum absolute atomic E-state index is 0.0219. The van der Waals surface area contributed by atoms with Crippen molar-refractivity contribution in [3.05, 3.63) is 78.5 Å². The summed E-state index contributed by atoms with van der Waals surface area (Å²) in [7, 11) is 0. The standard InChI is InChI=1S/C27H31N5O2/c1-2-28-25(33)21-30-16-9-17-31(19-18-30)26(34)15-14-23-20-32(24-12-7-4-8-13-24)29-27(23)22-10-5-3-6-11-22/h3-8,10-15,20H,2,9,16-19,21H2,1H3,(H,28,33)/b15-14+. The predicted molar refractivity (Wildman–Crippen MR) is 134 cm³/mol. The van der Waals surface area contributed by atoms with Crippen LogP contribution in [0.1, 0.15) is 18.9 Å². The molecule has 0 atom stereocenters. The Balaban J connectivity index is 1.49. The summed E-state index contributed by atoms with van der Waals surface area (Å²) in [6, 6.07) is 19.9. The molecule has 1 N–H and O–H groups in total. The van der Waals surface area contributed by atoms with Crippen molar-refractivity contribution in [1.82, 2.24) is 24.9 Å². The van der Waals surface area contributed by atoms with Crippen molar-refractivity contribution in [3.8, 4) is 16.9 Å². The molecule has 7 nitrogen and oxygen atoms in total. The molecule has 1 fully saturated rings. The Morgan fingerprint density at radius 2 is 1.71 bits per heavy atom. The molecule has 2 amide bonds. The van der Waals surface area contributed by atoms with Gasteiger partial charge in [0.2, 0.25) is 11.8 Å². The highest BCUT2D eigenvalue weighted by Gasteiger charge is 2.19. The number of hydrogen-bond donors (Lipinski definition) is 1. The number of amides is 2. The molecule has 0 aliphatic carbocycles. The molecule has 1 saturated heterocycles. The quantitative estimate of drug-likeness (QED) is 0.553.